The molecule has 2 saturated heterocycles. The van der Waals surface area contributed by atoms with Crippen molar-refractivity contribution in [2.75, 3.05) is 19.6 Å². The maximum absolute atomic E-state index is 11.3. The van der Waals surface area contributed by atoms with Crippen LogP contribution in [0.5, 0.6) is 0 Å². The summed E-state index contributed by atoms with van der Waals surface area (Å²) in [7, 11) is 0. The van der Waals surface area contributed by atoms with Crippen LogP contribution in [0.3, 0.4) is 0 Å². The van der Waals surface area contributed by atoms with Crippen LogP contribution in [0, 0.1) is 11.8 Å². The van der Waals surface area contributed by atoms with Gasteiger partial charge in [-0.05, 0) is 31.2 Å². The number of hydrogen-bond acceptors (Lipinski definition) is 2. The molecule has 15 heavy (non-hydrogen) atoms. The van der Waals surface area contributed by atoms with E-state index in [1.54, 1.807) is 0 Å². The van der Waals surface area contributed by atoms with Crippen molar-refractivity contribution >= 4 is 5.91 Å². The maximum Gasteiger partial charge on any atom is 0.220 e. The van der Waals surface area contributed by atoms with E-state index >= 15 is 0 Å². The zero-order chi connectivity index (χ0) is 10.8. The van der Waals surface area contributed by atoms with E-state index in [9.17, 15) is 4.79 Å². The van der Waals surface area contributed by atoms with Gasteiger partial charge < -0.3 is 10.2 Å². The van der Waals surface area contributed by atoms with Gasteiger partial charge in [-0.2, -0.15) is 0 Å². The molecule has 0 aliphatic carbocycles. The van der Waals surface area contributed by atoms with Crippen molar-refractivity contribution in [2.45, 2.75) is 39.2 Å². The largest absolute Gasteiger partial charge is 0.356 e. The fourth-order valence-electron chi connectivity index (χ4n) is 3.14. The molecular weight excluding hydrogens is 188 g/mol. The molecule has 0 spiro atoms. The first-order valence-electron chi connectivity index (χ1n) is 6.25. The summed E-state index contributed by atoms with van der Waals surface area (Å²) in [5.41, 5.74) is 0. The van der Waals surface area contributed by atoms with E-state index in [2.05, 4.69) is 24.1 Å². The summed E-state index contributed by atoms with van der Waals surface area (Å²) in [6.45, 7) is 7.68. The highest BCUT2D eigenvalue weighted by molar-refractivity contribution is 5.77. The fraction of sp³-hybridized carbons (Fsp3) is 0.917. The maximum atomic E-state index is 11.3. The molecule has 0 bridgehead atoms. The van der Waals surface area contributed by atoms with Crippen molar-refractivity contribution in [2.24, 2.45) is 11.8 Å². The quantitative estimate of drug-likeness (QED) is 0.744. The molecule has 3 nitrogen and oxygen atoms in total. The summed E-state index contributed by atoms with van der Waals surface area (Å²) < 4.78 is 0. The van der Waals surface area contributed by atoms with Crippen LogP contribution in [0.4, 0.5) is 0 Å². The zero-order valence-corrected chi connectivity index (χ0v) is 9.83. The summed E-state index contributed by atoms with van der Waals surface area (Å²) in [6.07, 6.45) is 3.26. The van der Waals surface area contributed by atoms with Crippen LogP contribution >= 0.6 is 0 Å². The van der Waals surface area contributed by atoms with Gasteiger partial charge in [-0.3, -0.25) is 4.79 Å². The van der Waals surface area contributed by atoms with Crippen molar-refractivity contribution < 1.29 is 4.79 Å². The molecule has 1 amide bonds. The summed E-state index contributed by atoms with van der Waals surface area (Å²) in [5, 5.41) is 3.00. The van der Waals surface area contributed by atoms with E-state index in [1.165, 1.54) is 12.8 Å². The Morgan fingerprint density at radius 1 is 1.40 bits per heavy atom. The molecule has 3 heteroatoms. The Morgan fingerprint density at radius 2 is 2.20 bits per heavy atom. The lowest BCUT2D eigenvalue weighted by Crippen LogP contribution is -2.53. The number of carbonyl (C=O) groups is 1. The highest BCUT2D eigenvalue weighted by Gasteiger charge is 2.37. The lowest BCUT2D eigenvalue weighted by molar-refractivity contribution is -0.126. The number of hydrogen-bond donors (Lipinski definition) is 1. The van der Waals surface area contributed by atoms with Crippen LogP contribution in [0.25, 0.3) is 0 Å². The first-order chi connectivity index (χ1) is 7.24. The molecule has 2 fully saturated rings. The Hall–Kier alpha value is -0.570. The van der Waals surface area contributed by atoms with Gasteiger partial charge in [0.25, 0.3) is 0 Å². The van der Waals surface area contributed by atoms with Crippen LogP contribution < -0.4 is 5.32 Å². The van der Waals surface area contributed by atoms with E-state index in [0.717, 1.165) is 38.0 Å². The van der Waals surface area contributed by atoms with Crippen LogP contribution in [0.1, 0.15) is 33.1 Å². The van der Waals surface area contributed by atoms with E-state index in [0.29, 0.717) is 5.92 Å². The number of likely N-dealkylation sites (tertiary alicyclic amines) is 1. The third-order valence-corrected chi connectivity index (χ3v) is 4.11. The molecule has 3 atom stereocenters. The molecule has 86 valence electrons. The molecule has 3 unspecified atom stereocenters. The second-order valence-corrected chi connectivity index (χ2v) is 4.91. The highest BCUT2D eigenvalue weighted by atomic mass is 16.1. The van der Waals surface area contributed by atoms with Gasteiger partial charge in [0.05, 0.1) is 0 Å². The van der Waals surface area contributed by atoms with E-state index < -0.39 is 0 Å². The van der Waals surface area contributed by atoms with Crippen LogP contribution in [0.15, 0.2) is 0 Å². The summed E-state index contributed by atoms with van der Waals surface area (Å²) in [6, 6.07) is 0.742. The molecule has 0 radical (unpaired) electrons. The van der Waals surface area contributed by atoms with Crippen LogP contribution in [-0.4, -0.2) is 36.5 Å². The monoisotopic (exact) mass is 210 g/mol. The van der Waals surface area contributed by atoms with Gasteiger partial charge in [0.1, 0.15) is 0 Å². The van der Waals surface area contributed by atoms with Crippen molar-refractivity contribution in [3.05, 3.63) is 0 Å². The summed E-state index contributed by atoms with van der Waals surface area (Å²) in [4.78, 5) is 13.9. The number of nitrogens with zero attached hydrogens (tertiary/aromatic N) is 1. The zero-order valence-electron chi connectivity index (χ0n) is 9.83. The topological polar surface area (TPSA) is 32.3 Å². The van der Waals surface area contributed by atoms with Gasteiger partial charge in [0.15, 0.2) is 0 Å². The predicted molar refractivity (Wildman–Crippen MR) is 60.5 cm³/mol. The number of nitrogens with one attached hydrogen (secondary N) is 1. The highest BCUT2D eigenvalue weighted by Crippen LogP contribution is 2.32. The molecule has 0 aromatic carbocycles. The number of carbonyl (C=O) groups excluding carboxylic acids is 1. The van der Waals surface area contributed by atoms with Gasteiger partial charge in [-0.25, -0.2) is 0 Å². The van der Waals surface area contributed by atoms with Crippen LogP contribution in [-0.2, 0) is 4.79 Å². The Labute approximate surface area is 92.2 Å². The van der Waals surface area contributed by atoms with Crippen molar-refractivity contribution in [1.82, 2.24) is 10.2 Å². The SMILES string of the molecule is CCC1CC2CNC(=O)CC2CN1CC. The molecule has 1 N–H and O–H groups in total. The van der Waals surface area contributed by atoms with E-state index in [-0.39, 0.29) is 5.91 Å². The minimum absolute atomic E-state index is 0.252. The smallest absolute Gasteiger partial charge is 0.220 e. The fourth-order valence-corrected chi connectivity index (χ4v) is 3.14. The third kappa shape index (κ3) is 2.17. The third-order valence-electron chi connectivity index (χ3n) is 4.11. The average molecular weight is 210 g/mol. The number of rotatable bonds is 2. The second kappa shape index (κ2) is 4.52. The lowest BCUT2D eigenvalue weighted by atomic mass is 9.77. The summed E-state index contributed by atoms with van der Waals surface area (Å²) in [5.74, 6) is 1.60. The molecule has 0 aromatic rings. The first kappa shape index (κ1) is 10.9. The molecule has 2 heterocycles. The Balaban J connectivity index is 2.02. The van der Waals surface area contributed by atoms with Gasteiger partial charge >= 0.3 is 0 Å². The van der Waals surface area contributed by atoms with Gasteiger partial charge in [0, 0.05) is 25.6 Å². The Bertz CT molecular complexity index is 242. The van der Waals surface area contributed by atoms with Crippen LogP contribution in [0.2, 0.25) is 0 Å². The standard InChI is InChI=1S/C12H22N2O/c1-3-11-5-9-7-13-12(15)6-10(9)8-14(11)4-2/h9-11H,3-8H2,1-2H3,(H,13,15). The number of fused-ring (bicyclic) bond motifs is 1. The number of amides is 1. The van der Waals surface area contributed by atoms with E-state index in [4.69, 9.17) is 0 Å². The van der Waals surface area contributed by atoms with Gasteiger partial charge in [-0.15, -0.1) is 0 Å². The lowest BCUT2D eigenvalue weighted by Gasteiger charge is -2.45. The Kier molecular flexibility index (Phi) is 3.29. The van der Waals surface area contributed by atoms with Crippen molar-refractivity contribution in [3.63, 3.8) is 0 Å². The molecule has 0 aromatic heterocycles. The molecule has 0 saturated carbocycles. The van der Waals surface area contributed by atoms with Crippen molar-refractivity contribution in [3.8, 4) is 0 Å². The van der Waals surface area contributed by atoms with Crippen molar-refractivity contribution in [1.29, 1.82) is 0 Å². The predicted octanol–water partition coefficient (Wildman–Crippen LogP) is 1.24. The molecule has 2 rings (SSSR count). The molecule has 2 aliphatic heterocycles. The summed E-state index contributed by atoms with van der Waals surface area (Å²) >= 11 is 0. The van der Waals surface area contributed by atoms with Gasteiger partial charge in [-0.1, -0.05) is 13.8 Å². The Morgan fingerprint density at radius 3 is 2.87 bits per heavy atom. The molecule has 2 aliphatic rings. The minimum Gasteiger partial charge on any atom is -0.356 e. The number of piperidine rings is 2. The average Bonchev–Trinajstić information content (AvgIpc) is 2.27. The van der Waals surface area contributed by atoms with E-state index in [1.807, 2.05) is 0 Å². The molecular formula is C12H22N2O. The normalized spacial score (nSPS) is 37.2. The second-order valence-electron chi connectivity index (χ2n) is 4.91. The minimum atomic E-state index is 0.252. The first-order valence-corrected chi connectivity index (χ1v) is 6.25. The van der Waals surface area contributed by atoms with Gasteiger partial charge in [0.2, 0.25) is 5.91 Å².